The lowest BCUT2D eigenvalue weighted by Gasteiger charge is -2.33. The van der Waals surface area contributed by atoms with E-state index < -0.39 is 0 Å². The highest BCUT2D eigenvalue weighted by Gasteiger charge is 2.22. The molecule has 7 nitrogen and oxygen atoms in total. The summed E-state index contributed by atoms with van der Waals surface area (Å²) in [4.78, 5) is 25.5. The number of imidazole rings is 1. The van der Waals surface area contributed by atoms with Gasteiger partial charge in [0.15, 0.2) is 5.16 Å². The molecule has 1 aromatic carbocycles. The predicted molar refractivity (Wildman–Crippen MR) is 126 cm³/mol. The number of pyridine rings is 1. The van der Waals surface area contributed by atoms with Crippen molar-refractivity contribution in [2.45, 2.75) is 24.3 Å². The summed E-state index contributed by atoms with van der Waals surface area (Å²) in [5.41, 5.74) is 3.45. The van der Waals surface area contributed by atoms with Crippen LogP contribution in [0.25, 0.3) is 0 Å². The van der Waals surface area contributed by atoms with Crippen LogP contribution in [0.1, 0.15) is 16.8 Å². The van der Waals surface area contributed by atoms with Crippen molar-refractivity contribution >= 4 is 17.9 Å². The molecule has 32 heavy (non-hydrogen) atoms. The lowest BCUT2D eigenvalue weighted by atomic mass is 10.2. The van der Waals surface area contributed by atoms with Gasteiger partial charge >= 0.3 is 6.09 Å². The van der Waals surface area contributed by atoms with Crippen molar-refractivity contribution < 1.29 is 9.53 Å². The fourth-order valence-corrected chi connectivity index (χ4v) is 4.42. The van der Waals surface area contributed by atoms with Crippen molar-refractivity contribution in [3.05, 3.63) is 71.8 Å². The minimum atomic E-state index is -0.278. The minimum Gasteiger partial charge on any atom is -0.410 e. The maximum Gasteiger partial charge on any atom is 0.415 e. The first-order valence-electron chi connectivity index (χ1n) is 10.9. The number of piperazine rings is 1. The van der Waals surface area contributed by atoms with Gasteiger partial charge in [0.1, 0.15) is 5.75 Å². The number of aromatic nitrogens is 3. The highest BCUT2D eigenvalue weighted by Crippen LogP contribution is 2.22. The molecule has 1 saturated heterocycles. The van der Waals surface area contributed by atoms with Crippen LogP contribution in [0.5, 0.6) is 5.75 Å². The molecule has 1 amide bonds. The second-order valence-electron chi connectivity index (χ2n) is 8.03. The number of benzene rings is 1. The third kappa shape index (κ3) is 6.11. The Morgan fingerprint density at radius 2 is 1.84 bits per heavy atom. The molecular formula is C24H29N5O2S. The summed E-state index contributed by atoms with van der Waals surface area (Å²) in [6.45, 7) is 6.06. The monoisotopic (exact) mass is 451 g/mol. The lowest BCUT2D eigenvalue weighted by molar-refractivity contribution is 0.111. The van der Waals surface area contributed by atoms with Crippen LogP contribution in [0, 0.1) is 6.92 Å². The average molecular weight is 452 g/mol. The van der Waals surface area contributed by atoms with E-state index in [1.807, 2.05) is 55.2 Å². The summed E-state index contributed by atoms with van der Waals surface area (Å²) < 4.78 is 7.59. The Hall–Kier alpha value is -2.84. The van der Waals surface area contributed by atoms with Gasteiger partial charge in [0.2, 0.25) is 0 Å². The summed E-state index contributed by atoms with van der Waals surface area (Å²) in [6, 6.07) is 11.9. The fourth-order valence-electron chi connectivity index (χ4n) is 3.53. The molecule has 1 fully saturated rings. The largest absolute Gasteiger partial charge is 0.415 e. The molecule has 3 aromatic rings. The van der Waals surface area contributed by atoms with E-state index in [1.54, 1.807) is 22.9 Å². The van der Waals surface area contributed by atoms with Crippen LogP contribution in [0.4, 0.5) is 4.79 Å². The van der Waals surface area contributed by atoms with Crippen LogP contribution in [0.2, 0.25) is 0 Å². The molecular weight excluding hydrogens is 422 g/mol. The summed E-state index contributed by atoms with van der Waals surface area (Å²) in [5, 5.41) is 0.981. The Morgan fingerprint density at radius 3 is 2.50 bits per heavy atom. The zero-order valence-corrected chi connectivity index (χ0v) is 19.4. The molecule has 3 heterocycles. The average Bonchev–Trinajstić information content (AvgIpc) is 3.23. The Kier molecular flexibility index (Phi) is 7.44. The molecule has 8 heteroatoms. The third-order valence-corrected chi connectivity index (χ3v) is 6.69. The summed E-state index contributed by atoms with van der Waals surface area (Å²) in [6.07, 6.45) is 6.29. The Labute approximate surface area is 193 Å². The molecule has 0 atom stereocenters. The van der Waals surface area contributed by atoms with Crippen LogP contribution in [0.15, 0.2) is 60.1 Å². The Bertz CT molecular complexity index is 1010. The maximum absolute atomic E-state index is 12.5. The molecule has 0 radical (unpaired) electrons. The predicted octanol–water partition coefficient (Wildman–Crippen LogP) is 3.77. The number of aryl methyl sites for hydroxylation is 2. The van der Waals surface area contributed by atoms with Crippen LogP contribution < -0.4 is 4.74 Å². The molecule has 0 spiro atoms. The molecule has 2 aromatic heterocycles. The second-order valence-corrected chi connectivity index (χ2v) is 8.97. The fraction of sp³-hybridized carbons (Fsp3) is 0.375. The quantitative estimate of drug-likeness (QED) is 0.510. The number of thioether (sulfide) groups is 1. The van der Waals surface area contributed by atoms with Crippen molar-refractivity contribution in [1.82, 2.24) is 24.3 Å². The van der Waals surface area contributed by atoms with Gasteiger partial charge in [0.05, 0.1) is 0 Å². The number of carbonyl (C=O) groups is 1. The zero-order chi connectivity index (χ0) is 22.3. The van der Waals surface area contributed by atoms with Crippen molar-refractivity contribution in [1.29, 1.82) is 0 Å². The van der Waals surface area contributed by atoms with E-state index in [2.05, 4.69) is 27.0 Å². The number of rotatable bonds is 7. The van der Waals surface area contributed by atoms with Crippen molar-refractivity contribution in [3.63, 3.8) is 0 Å². The van der Waals surface area contributed by atoms with Gasteiger partial charge < -0.3 is 14.2 Å². The van der Waals surface area contributed by atoms with E-state index in [1.165, 1.54) is 5.56 Å². The Morgan fingerprint density at radius 1 is 1.06 bits per heavy atom. The van der Waals surface area contributed by atoms with Crippen molar-refractivity contribution in [3.8, 4) is 5.75 Å². The van der Waals surface area contributed by atoms with Gasteiger partial charge in [-0.3, -0.25) is 9.88 Å². The van der Waals surface area contributed by atoms with Crippen LogP contribution in [0.3, 0.4) is 0 Å². The van der Waals surface area contributed by atoms with Gasteiger partial charge in [-0.25, -0.2) is 9.78 Å². The van der Waals surface area contributed by atoms with Crippen LogP contribution >= 0.6 is 11.8 Å². The summed E-state index contributed by atoms with van der Waals surface area (Å²) in [7, 11) is 1.99. The molecule has 0 saturated carbocycles. The molecule has 168 valence electrons. The highest BCUT2D eigenvalue weighted by atomic mass is 32.2. The van der Waals surface area contributed by atoms with Crippen LogP contribution in [-0.4, -0.2) is 63.2 Å². The van der Waals surface area contributed by atoms with E-state index in [-0.39, 0.29) is 6.09 Å². The lowest BCUT2D eigenvalue weighted by Crippen LogP contribution is -2.49. The van der Waals surface area contributed by atoms with E-state index in [9.17, 15) is 4.79 Å². The molecule has 0 unspecified atom stereocenters. The van der Waals surface area contributed by atoms with Gasteiger partial charge in [-0.05, 0) is 36.2 Å². The first-order chi connectivity index (χ1) is 15.6. The molecule has 0 bridgehead atoms. The second kappa shape index (κ2) is 10.7. The SMILES string of the molecule is Cc1ccc(CCN2CCN(C(=O)Oc3ccc(CSc4nccn4C)cc3)CC2)nc1. The third-order valence-electron chi connectivity index (χ3n) is 5.56. The number of amides is 1. The summed E-state index contributed by atoms with van der Waals surface area (Å²) in [5.74, 6) is 1.40. The van der Waals surface area contributed by atoms with Gasteiger partial charge in [0, 0.05) is 76.2 Å². The van der Waals surface area contributed by atoms with Crippen LogP contribution in [-0.2, 0) is 19.2 Å². The van der Waals surface area contributed by atoms with Gasteiger partial charge in [-0.2, -0.15) is 0 Å². The number of carbonyl (C=O) groups excluding carboxylic acids is 1. The topological polar surface area (TPSA) is 63.5 Å². The molecule has 4 rings (SSSR count). The van der Waals surface area contributed by atoms with E-state index >= 15 is 0 Å². The van der Waals surface area contributed by atoms with E-state index in [0.29, 0.717) is 18.8 Å². The maximum atomic E-state index is 12.5. The van der Waals surface area contributed by atoms with E-state index in [0.717, 1.165) is 48.2 Å². The van der Waals surface area contributed by atoms with Gasteiger partial charge in [0.25, 0.3) is 0 Å². The van der Waals surface area contributed by atoms with Crippen molar-refractivity contribution in [2.75, 3.05) is 32.7 Å². The summed E-state index contributed by atoms with van der Waals surface area (Å²) >= 11 is 1.68. The molecule has 1 aliphatic rings. The number of nitrogens with zero attached hydrogens (tertiary/aromatic N) is 5. The molecule has 0 aliphatic carbocycles. The first-order valence-corrected chi connectivity index (χ1v) is 11.8. The number of ether oxygens (including phenoxy) is 1. The van der Waals surface area contributed by atoms with Crippen molar-refractivity contribution in [2.24, 2.45) is 7.05 Å². The number of hydrogen-bond donors (Lipinski definition) is 0. The Balaban J connectivity index is 1.19. The first kappa shape index (κ1) is 22.4. The molecule has 1 aliphatic heterocycles. The van der Waals surface area contributed by atoms with Gasteiger partial charge in [-0.15, -0.1) is 0 Å². The standard InChI is InChI=1S/C24H29N5O2S/c1-19-3-6-21(26-17-19)9-11-28-13-15-29(16-14-28)24(30)31-22-7-4-20(5-8-22)18-32-23-25-10-12-27(23)2/h3-8,10,12,17H,9,11,13-16,18H2,1-2H3. The highest BCUT2D eigenvalue weighted by molar-refractivity contribution is 7.98. The number of hydrogen-bond acceptors (Lipinski definition) is 6. The zero-order valence-electron chi connectivity index (χ0n) is 18.6. The smallest absolute Gasteiger partial charge is 0.410 e. The minimum absolute atomic E-state index is 0.278. The normalized spacial score (nSPS) is 14.5. The van der Waals surface area contributed by atoms with Gasteiger partial charge in [-0.1, -0.05) is 30.0 Å². The van der Waals surface area contributed by atoms with E-state index in [4.69, 9.17) is 4.74 Å². The molecule has 0 N–H and O–H groups in total.